The van der Waals surface area contributed by atoms with Gasteiger partial charge in [-0.1, -0.05) is 0 Å². The summed E-state index contributed by atoms with van der Waals surface area (Å²) in [5.41, 5.74) is 4.33. The molecule has 1 aliphatic rings. The van der Waals surface area contributed by atoms with Crippen molar-refractivity contribution in [2.45, 2.75) is 30.3 Å². The van der Waals surface area contributed by atoms with E-state index in [1.54, 1.807) is 6.92 Å². The van der Waals surface area contributed by atoms with Crippen LogP contribution in [0.15, 0.2) is 17.3 Å². The van der Waals surface area contributed by atoms with Crippen molar-refractivity contribution in [1.82, 2.24) is 14.3 Å². The van der Waals surface area contributed by atoms with Gasteiger partial charge >= 0.3 is 0 Å². The molecule has 1 aliphatic heterocycles. The van der Waals surface area contributed by atoms with Gasteiger partial charge < -0.3 is 10.8 Å². The highest BCUT2D eigenvalue weighted by atomic mass is 32.2. The molecule has 1 atom stereocenters. The van der Waals surface area contributed by atoms with Crippen LogP contribution in [0.1, 0.15) is 19.8 Å². The lowest BCUT2D eigenvalue weighted by molar-refractivity contribution is 0.00939. The third-order valence-corrected chi connectivity index (χ3v) is 4.72. The molecule has 0 spiro atoms. The van der Waals surface area contributed by atoms with Crippen LogP contribution in [-0.4, -0.2) is 46.5 Å². The van der Waals surface area contributed by atoms with Gasteiger partial charge in [-0.15, -0.1) is 0 Å². The second-order valence-corrected chi connectivity index (χ2v) is 6.65. The lowest BCUT2D eigenvalue weighted by atomic mass is 9.97. The highest BCUT2D eigenvalue weighted by Crippen LogP contribution is 2.25. The van der Waals surface area contributed by atoms with Gasteiger partial charge in [-0.25, -0.2) is 18.4 Å². The Morgan fingerprint density at radius 1 is 1.44 bits per heavy atom. The normalized spacial score (nSPS) is 26.1. The number of piperidine rings is 1. The van der Waals surface area contributed by atoms with Gasteiger partial charge in [0.05, 0.1) is 18.0 Å². The van der Waals surface area contributed by atoms with Crippen LogP contribution < -0.4 is 5.73 Å². The predicted octanol–water partition coefficient (Wildman–Crippen LogP) is -0.406. The highest BCUT2D eigenvalue weighted by Gasteiger charge is 2.35. The van der Waals surface area contributed by atoms with Crippen molar-refractivity contribution in [3.8, 4) is 0 Å². The van der Waals surface area contributed by atoms with E-state index in [1.807, 2.05) is 0 Å². The smallest absolute Gasteiger partial charge is 0.246 e. The molecular weight excluding hydrogens is 256 g/mol. The highest BCUT2D eigenvalue weighted by molar-refractivity contribution is 7.89. The van der Waals surface area contributed by atoms with Gasteiger partial charge in [0, 0.05) is 13.1 Å². The SMILES string of the molecule is CC1(O)CCCN(S(=O)(=O)c2cnc(N)nc2)C1. The summed E-state index contributed by atoms with van der Waals surface area (Å²) in [4.78, 5) is 7.34. The molecule has 0 bridgehead atoms. The molecule has 7 nitrogen and oxygen atoms in total. The summed E-state index contributed by atoms with van der Waals surface area (Å²) in [6.07, 6.45) is 3.58. The maximum absolute atomic E-state index is 12.3. The van der Waals surface area contributed by atoms with Crippen molar-refractivity contribution in [1.29, 1.82) is 0 Å². The number of anilines is 1. The topological polar surface area (TPSA) is 109 Å². The van der Waals surface area contributed by atoms with E-state index in [0.717, 1.165) is 0 Å². The average molecular weight is 272 g/mol. The molecule has 1 aromatic rings. The van der Waals surface area contributed by atoms with Crippen LogP contribution in [0.3, 0.4) is 0 Å². The minimum atomic E-state index is -3.66. The predicted molar refractivity (Wildman–Crippen MR) is 65.1 cm³/mol. The number of nitrogen functional groups attached to an aromatic ring is 1. The lowest BCUT2D eigenvalue weighted by Crippen LogP contribution is -2.48. The number of nitrogens with zero attached hydrogens (tertiary/aromatic N) is 3. The van der Waals surface area contributed by atoms with Crippen molar-refractivity contribution in [2.24, 2.45) is 0 Å². The summed E-state index contributed by atoms with van der Waals surface area (Å²) in [5, 5.41) is 9.94. The number of sulfonamides is 1. The second kappa shape index (κ2) is 4.45. The van der Waals surface area contributed by atoms with Crippen molar-refractivity contribution in [2.75, 3.05) is 18.8 Å². The molecule has 0 radical (unpaired) electrons. The second-order valence-electron chi connectivity index (χ2n) is 4.72. The molecule has 3 N–H and O–H groups in total. The Labute approximate surface area is 106 Å². The van der Waals surface area contributed by atoms with Gasteiger partial charge in [0.2, 0.25) is 16.0 Å². The minimum Gasteiger partial charge on any atom is -0.389 e. The molecular formula is C10H16N4O3S. The molecule has 0 saturated carbocycles. The molecule has 2 heterocycles. The third-order valence-electron chi connectivity index (χ3n) is 2.93. The molecule has 1 unspecified atom stereocenters. The fourth-order valence-electron chi connectivity index (χ4n) is 1.99. The van der Waals surface area contributed by atoms with E-state index >= 15 is 0 Å². The number of aromatic nitrogens is 2. The summed E-state index contributed by atoms with van der Waals surface area (Å²) in [5.74, 6) is 0.0274. The zero-order valence-corrected chi connectivity index (χ0v) is 10.9. The first kappa shape index (κ1) is 13.2. The maximum Gasteiger partial charge on any atom is 0.246 e. The molecule has 1 fully saturated rings. The zero-order valence-electron chi connectivity index (χ0n) is 10.1. The van der Waals surface area contributed by atoms with Crippen LogP contribution in [0, 0.1) is 0 Å². The van der Waals surface area contributed by atoms with Gasteiger partial charge in [-0.2, -0.15) is 4.31 Å². The number of hydrogen-bond donors (Lipinski definition) is 2. The molecule has 0 amide bonds. The van der Waals surface area contributed by atoms with Crippen LogP contribution in [0.4, 0.5) is 5.95 Å². The van der Waals surface area contributed by atoms with Gasteiger partial charge in [0.1, 0.15) is 4.90 Å². The van der Waals surface area contributed by atoms with Crippen LogP contribution in [0.5, 0.6) is 0 Å². The summed E-state index contributed by atoms with van der Waals surface area (Å²) in [6, 6.07) is 0. The number of aliphatic hydroxyl groups is 1. The third kappa shape index (κ3) is 2.60. The number of β-amino-alcohol motifs (C(OH)–C–C–N with tert-alkyl or cyclic N) is 1. The fraction of sp³-hybridized carbons (Fsp3) is 0.600. The summed E-state index contributed by atoms with van der Waals surface area (Å²) in [6.45, 7) is 2.11. The van der Waals surface area contributed by atoms with Gasteiger partial charge in [0.15, 0.2) is 0 Å². The monoisotopic (exact) mass is 272 g/mol. The molecule has 0 aromatic carbocycles. The van der Waals surface area contributed by atoms with E-state index in [9.17, 15) is 13.5 Å². The van der Waals surface area contributed by atoms with E-state index in [4.69, 9.17) is 5.73 Å². The molecule has 1 aromatic heterocycles. The summed E-state index contributed by atoms with van der Waals surface area (Å²) in [7, 11) is -3.66. The summed E-state index contributed by atoms with van der Waals surface area (Å²) < 4.78 is 25.8. The van der Waals surface area contributed by atoms with E-state index < -0.39 is 15.6 Å². The Hall–Kier alpha value is -1.25. The fourth-order valence-corrected chi connectivity index (χ4v) is 3.48. The first-order valence-electron chi connectivity index (χ1n) is 5.61. The number of hydrogen-bond acceptors (Lipinski definition) is 6. The van der Waals surface area contributed by atoms with Crippen LogP contribution in [0.25, 0.3) is 0 Å². The van der Waals surface area contributed by atoms with E-state index in [0.29, 0.717) is 19.4 Å². The quantitative estimate of drug-likeness (QED) is 0.757. The molecule has 2 rings (SSSR count). The molecule has 100 valence electrons. The van der Waals surface area contributed by atoms with Gasteiger partial charge in [-0.3, -0.25) is 0 Å². The van der Waals surface area contributed by atoms with Crippen molar-refractivity contribution in [3.05, 3.63) is 12.4 Å². The minimum absolute atomic E-state index is 0.00519. The largest absolute Gasteiger partial charge is 0.389 e. The Morgan fingerprint density at radius 2 is 2.06 bits per heavy atom. The Bertz CT molecular complexity index is 527. The number of nitrogens with two attached hydrogens (primary N) is 1. The van der Waals surface area contributed by atoms with E-state index in [2.05, 4.69) is 9.97 Å². The first-order valence-corrected chi connectivity index (χ1v) is 7.05. The summed E-state index contributed by atoms with van der Waals surface area (Å²) >= 11 is 0. The van der Waals surface area contributed by atoms with Crippen LogP contribution >= 0.6 is 0 Å². The number of rotatable bonds is 2. The molecule has 1 saturated heterocycles. The Morgan fingerprint density at radius 3 is 2.61 bits per heavy atom. The maximum atomic E-state index is 12.3. The first-order chi connectivity index (χ1) is 8.31. The average Bonchev–Trinajstić information content (AvgIpc) is 2.28. The van der Waals surface area contributed by atoms with E-state index in [-0.39, 0.29) is 17.4 Å². The van der Waals surface area contributed by atoms with Gasteiger partial charge in [0.25, 0.3) is 0 Å². The Balaban J connectivity index is 2.28. The Kier molecular flexibility index (Phi) is 3.26. The standard InChI is InChI=1S/C10H16N4O3S/c1-10(15)3-2-4-14(7-10)18(16,17)8-5-12-9(11)13-6-8/h5-6,15H,2-4,7H2,1H3,(H2,11,12,13). The van der Waals surface area contributed by atoms with Crippen molar-refractivity contribution in [3.63, 3.8) is 0 Å². The van der Waals surface area contributed by atoms with Crippen LogP contribution in [0.2, 0.25) is 0 Å². The van der Waals surface area contributed by atoms with E-state index in [1.165, 1.54) is 16.7 Å². The molecule has 8 heteroatoms. The van der Waals surface area contributed by atoms with Crippen molar-refractivity contribution >= 4 is 16.0 Å². The van der Waals surface area contributed by atoms with Crippen LogP contribution in [-0.2, 0) is 10.0 Å². The van der Waals surface area contributed by atoms with Crippen molar-refractivity contribution < 1.29 is 13.5 Å². The molecule has 18 heavy (non-hydrogen) atoms. The van der Waals surface area contributed by atoms with Gasteiger partial charge in [-0.05, 0) is 19.8 Å². The molecule has 0 aliphatic carbocycles. The zero-order chi connectivity index (χ0) is 13.4. The lowest BCUT2D eigenvalue weighted by Gasteiger charge is -2.35.